The van der Waals surface area contributed by atoms with E-state index >= 15 is 0 Å². The SMILES string of the molecule is NC(=O)c1ccc(Cl)cc1NC(=O)Nc1cc(Cl)cc(Cl)c1. The highest BCUT2D eigenvalue weighted by Crippen LogP contribution is 2.24. The number of benzene rings is 2. The van der Waals surface area contributed by atoms with Crippen molar-refractivity contribution < 1.29 is 9.59 Å². The first-order valence-electron chi connectivity index (χ1n) is 5.98. The minimum absolute atomic E-state index is 0.142. The maximum absolute atomic E-state index is 12.0. The zero-order chi connectivity index (χ0) is 16.3. The third-order valence-corrected chi connectivity index (χ3v) is 3.29. The second kappa shape index (κ2) is 6.87. The molecule has 0 radical (unpaired) electrons. The molecule has 0 aliphatic heterocycles. The molecule has 22 heavy (non-hydrogen) atoms. The van der Waals surface area contributed by atoms with Crippen molar-refractivity contribution >= 4 is 58.1 Å². The Balaban J connectivity index is 2.18. The van der Waals surface area contributed by atoms with Gasteiger partial charge in [0.05, 0.1) is 11.3 Å². The monoisotopic (exact) mass is 357 g/mol. The Bertz CT molecular complexity index is 730. The van der Waals surface area contributed by atoms with Crippen molar-refractivity contribution in [2.75, 3.05) is 10.6 Å². The highest BCUT2D eigenvalue weighted by molar-refractivity contribution is 6.35. The number of hydrogen-bond acceptors (Lipinski definition) is 2. The van der Waals surface area contributed by atoms with Crippen LogP contribution in [0, 0.1) is 0 Å². The second-order valence-corrected chi connectivity index (χ2v) is 5.60. The number of nitrogens with one attached hydrogen (secondary N) is 2. The van der Waals surface area contributed by atoms with E-state index < -0.39 is 11.9 Å². The Hall–Kier alpha value is -1.95. The minimum Gasteiger partial charge on any atom is -0.366 e. The molecule has 2 aromatic rings. The van der Waals surface area contributed by atoms with Crippen LogP contribution < -0.4 is 16.4 Å². The molecule has 0 bridgehead atoms. The smallest absolute Gasteiger partial charge is 0.323 e. The zero-order valence-electron chi connectivity index (χ0n) is 11.0. The number of hydrogen-bond donors (Lipinski definition) is 3. The van der Waals surface area contributed by atoms with Crippen LogP contribution in [-0.4, -0.2) is 11.9 Å². The van der Waals surface area contributed by atoms with Gasteiger partial charge in [-0.05, 0) is 36.4 Å². The summed E-state index contributed by atoms with van der Waals surface area (Å²) >= 11 is 17.5. The molecule has 0 aliphatic carbocycles. The van der Waals surface area contributed by atoms with E-state index in [1.807, 2.05) is 0 Å². The van der Waals surface area contributed by atoms with E-state index in [0.29, 0.717) is 20.8 Å². The number of primary amides is 1. The summed E-state index contributed by atoms with van der Waals surface area (Å²) in [6.45, 7) is 0. The Labute approximate surface area is 141 Å². The maximum atomic E-state index is 12.0. The fraction of sp³-hybridized carbons (Fsp3) is 0. The van der Waals surface area contributed by atoms with E-state index in [-0.39, 0.29) is 11.3 Å². The van der Waals surface area contributed by atoms with Crippen molar-refractivity contribution in [2.45, 2.75) is 0 Å². The predicted molar refractivity (Wildman–Crippen MR) is 89.1 cm³/mol. The van der Waals surface area contributed by atoms with Crippen molar-refractivity contribution in [3.8, 4) is 0 Å². The Morgan fingerprint density at radius 1 is 0.864 bits per heavy atom. The average molecular weight is 359 g/mol. The summed E-state index contributed by atoms with van der Waals surface area (Å²) in [4.78, 5) is 23.3. The Morgan fingerprint density at radius 2 is 1.50 bits per heavy atom. The van der Waals surface area contributed by atoms with E-state index in [1.54, 1.807) is 0 Å². The normalized spacial score (nSPS) is 10.1. The molecule has 114 valence electrons. The van der Waals surface area contributed by atoms with Gasteiger partial charge in [0.25, 0.3) is 5.91 Å². The minimum atomic E-state index is -0.683. The van der Waals surface area contributed by atoms with E-state index in [9.17, 15) is 9.59 Å². The van der Waals surface area contributed by atoms with E-state index in [2.05, 4.69) is 10.6 Å². The van der Waals surface area contributed by atoms with Crippen LogP contribution in [0.3, 0.4) is 0 Å². The van der Waals surface area contributed by atoms with Crippen molar-refractivity contribution in [2.24, 2.45) is 5.73 Å². The Kier molecular flexibility index (Phi) is 5.13. The molecule has 5 nitrogen and oxygen atoms in total. The lowest BCUT2D eigenvalue weighted by Gasteiger charge is -2.11. The number of urea groups is 1. The van der Waals surface area contributed by atoms with E-state index in [4.69, 9.17) is 40.5 Å². The highest BCUT2D eigenvalue weighted by atomic mass is 35.5. The number of carbonyl (C=O) groups excluding carboxylic acids is 2. The molecule has 8 heteroatoms. The summed E-state index contributed by atoms with van der Waals surface area (Å²) in [6, 6.07) is 8.35. The third-order valence-electron chi connectivity index (χ3n) is 2.62. The summed E-state index contributed by atoms with van der Waals surface area (Å²) in [5.41, 5.74) is 5.99. The number of amides is 3. The summed E-state index contributed by atoms with van der Waals surface area (Å²) in [6.07, 6.45) is 0. The molecule has 0 heterocycles. The lowest BCUT2D eigenvalue weighted by Crippen LogP contribution is -2.22. The first kappa shape index (κ1) is 16.4. The molecule has 0 aromatic heterocycles. The number of nitrogens with two attached hydrogens (primary N) is 1. The molecule has 3 amide bonds. The first-order chi connectivity index (χ1) is 10.3. The standard InChI is InChI=1S/C14H10Cl3N3O2/c15-7-1-2-11(13(18)21)12(6-7)20-14(22)19-10-4-8(16)3-9(17)5-10/h1-6H,(H2,18,21)(H2,19,20,22). The average Bonchev–Trinajstić information content (AvgIpc) is 2.36. The van der Waals surface area contributed by atoms with Crippen molar-refractivity contribution in [3.05, 3.63) is 57.0 Å². The van der Waals surface area contributed by atoms with Gasteiger partial charge in [0.15, 0.2) is 0 Å². The van der Waals surface area contributed by atoms with Crippen molar-refractivity contribution in [1.29, 1.82) is 0 Å². The van der Waals surface area contributed by atoms with Crippen LogP contribution in [0.5, 0.6) is 0 Å². The summed E-state index contributed by atoms with van der Waals surface area (Å²) in [5.74, 6) is -0.683. The lowest BCUT2D eigenvalue weighted by molar-refractivity contribution is 0.100. The Morgan fingerprint density at radius 3 is 2.09 bits per heavy atom. The zero-order valence-corrected chi connectivity index (χ0v) is 13.3. The van der Waals surface area contributed by atoms with Gasteiger partial charge in [-0.3, -0.25) is 4.79 Å². The van der Waals surface area contributed by atoms with Crippen LogP contribution in [0.15, 0.2) is 36.4 Å². The van der Waals surface area contributed by atoms with Gasteiger partial charge in [-0.15, -0.1) is 0 Å². The molecular weight excluding hydrogens is 349 g/mol. The van der Waals surface area contributed by atoms with E-state index in [0.717, 1.165) is 0 Å². The first-order valence-corrected chi connectivity index (χ1v) is 7.12. The number of carbonyl (C=O) groups is 2. The predicted octanol–water partition coefficient (Wildman–Crippen LogP) is 4.39. The highest BCUT2D eigenvalue weighted by Gasteiger charge is 2.12. The molecule has 0 saturated carbocycles. The summed E-state index contributed by atoms with van der Waals surface area (Å²) < 4.78 is 0. The summed E-state index contributed by atoms with van der Waals surface area (Å²) in [7, 11) is 0. The fourth-order valence-electron chi connectivity index (χ4n) is 1.75. The van der Waals surface area contributed by atoms with Crippen LogP contribution >= 0.6 is 34.8 Å². The number of rotatable bonds is 3. The molecule has 4 N–H and O–H groups in total. The van der Waals surface area contributed by atoms with Gasteiger partial charge in [-0.25, -0.2) is 4.79 Å². The second-order valence-electron chi connectivity index (χ2n) is 4.29. The number of halogens is 3. The molecule has 0 saturated heterocycles. The van der Waals surface area contributed by atoms with Gasteiger partial charge >= 0.3 is 6.03 Å². The molecule has 0 aliphatic rings. The molecular formula is C14H10Cl3N3O2. The lowest BCUT2D eigenvalue weighted by atomic mass is 10.1. The van der Waals surface area contributed by atoms with Crippen LogP contribution in [0.2, 0.25) is 15.1 Å². The largest absolute Gasteiger partial charge is 0.366 e. The van der Waals surface area contributed by atoms with Gasteiger partial charge in [-0.2, -0.15) is 0 Å². The fourth-order valence-corrected chi connectivity index (χ4v) is 2.44. The van der Waals surface area contributed by atoms with Crippen LogP contribution in [0.1, 0.15) is 10.4 Å². The van der Waals surface area contributed by atoms with Crippen molar-refractivity contribution in [3.63, 3.8) is 0 Å². The van der Waals surface area contributed by atoms with Crippen LogP contribution in [-0.2, 0) is 0 Å². The molecule has 0 spiro atoms. The van der Waals surface area contributed by atoms with Gasteiger partial charge in [0.1, 0.15) is 0 Å². The number of anilines is 2. The quantitative estimate of drug-likeness (QED) is 0.760. The van der Waals surface area contributed by atoms with Crippen LogP contribution in [0.4, 0.5) is 16.2 Å². The van der Waals surface area contributed by atoms with Gasteiger partial charge in [0.2, 0.25) is 0 Å². The van der Waals surface area contributed by atoms with Gasteiger partial charge < -0.3 is 16.4 Å². The maximum Gasteiger partial charge on any atom is 0.323 e. The molecule has 0 unspecified atom stereocenters. The topological polar surface area (TPSA) is 84.2 Å². The van der Waals surface area contributed by atoms with Gasteiger partial charge in [-0.1, -0.05) is 34.8 Å². The van der Waals surface area contributed by atoms with Crippen LogP contribution in [0.25, 0.3) is 0 Å². The molecule has 2 aromatic carbocycles. The molecule has 0 atom stereocenters. The third kappa shape index (κ3) is 4.27. The van der Waals surface area contributed by atoms with Crippen molar-refractivity contribution in [1.82, 2.24) is 0 Å². The van der Waals surface area contributed by atoms with Gasteiger partial charge in [0, 0.05) is 20.8 Å². The molecule has 2 rings (SSSR count). The summed E-state index contributed by atoms with van der Waals surface area (Å²) in [5, 5.41) is 6.15. The van der Waals surface area contributed by atoms with E-state index in [1.165, 1.54) is 36.4 Å². The molecule has 0 fully saturated rings.